The third-order valence-corrected chi connectivity index (χ3v) is 4.63. The zero-order valence-electron chi connectivity index (χ0n) is 12.3. The predicted octanol–water partition coefficient (Wildman–Crippen LogP) is 1.82. The first-order valence-electron chi connectivity index (χ1n) is 7.45. The zero-order chi connectivity index (χ0) is 14.9. The summed E-state index contributed by atoms with van der Waals surface area (Å²) in [6.07, 6.45) is 1.87. The lowest BCUT2D eigenvalue weighted by Crippen LogP contribution is -2.47. The van der Waals surface area contributed by atoms with Crippen molar-refractivity contribution >= 4 is 17.5 Å². The lowest BCUT2D eigenvalue weighted by Gasteiger charge is -2.30. The summed E-state index contributed by atoms with van der Waals surface area (Å²) in [4.78, 5) is 14.8. The van der Waals surface area contributed by atoms with Crippen LogP contribution in [0, 0.1) is 0 Å². The van der Waals surface area contributed by atoms with Gasteiger partial charge >= 0.3 is 0 Å². The fourth-order valence-corrected chi connectivity index (χ4v) is 3.11. The van der Waals surface area contributed by atoms with E-state index in [0.29, 0.717) is 11.6 Å². The highest BCUT2D eigenvalue weighted by atomic mass is 35.5. The number of carbonyl (C=O) groups excluding carboxylic acids is 1. The molecule has 0 unspecified atom stereocenters. The van der Waals surface area contributed by atoms with Crippen LogP contribution in [-0.4, -0.2) is 50.2 Å². The summed E-state index contributed by atoms with van der Waals surface area (Å²) >= 11 is 6.04. The molecule has 21 heavy (non-hydrogen) atoms. The van der Waals surface area contributed by atoms with Gasteiger partial charge in [0.2, 0.25) is 5.91 Å². The Kier molecular flexibility index (Phi) is 4.20. The van der Waals surface area contributed by atoms with Gasteiger partial charge in [0.05, 0.1) is 18.1 Å². The number of benzene rings is 1. The van der Waals surface area contributed by atoms with Crippen molar-refractivity contribution in [3.63, 3.8) is 0 Å². The molecule has 5 heteroatoms. The van der Waals surface area contributed by atoms with Crippen molar-refractivity contribution in [3.05, 3.63) is 34.9 Å². The van der Waals surface area contributed by atoms with E-state index in [1.54, 1.807) is 0 Å². The first kappa shape index (κ1) is 14.8. The number of nitrogens with one attached hydrogen (secondary N) is 1. The topological polar surface area (TPSA) is 41.6 Å². The zero-order valence-corrected chi connectivity index (χ0v) is 13.0. The summed E-state index contributed by atoms with van der Waals surface area (Å²) in [5, 5.41) is 3.74. The second-order valence-electron chi connectivity index (χ2n) is 6.06. The van der Waals surface area contributed by atoms with Crippen LogP contribution in [0.5, 0.6) is 0 Å². The quantitative estimate of drug-likeness (QED) is 0.922. The molecule has 1 aromatic rings. The molecule has 0 aromatic heterocycles. The molecule has 3 rings (SSSR count). The molecule has 1 aliphatic carbocycles. The van der Waals surface area contributed by atoms with Crippen molar-refractivity contribution in [1.29, 1.82) is 0 Å². The fourth-order valence-electron chi connectivity index (χ4n) is 2.92. The van der Waals surface area contributed by atoms with Gasteiger partial charge in [-0.25, -0.2) is 0 Å². The van der Waals surface area contributed by atoms with Crippen LogP contribution in [0.3, 0.4) is 0 Å². The standard InChI is InChI=1S/C16H21ClN2O2/c1-19-7-8-21-14(11-19)10-18-15(20)16(5-6-16)12-3-2-4-13(17)9-12/h2-4,9,14H,5-8,10-11H2,1H3,(H,18,20)/t14-/m0/s1. The monoisotopic (exact) mass is 308 g/mol. The second-order valence-corrected chi connectivity index (χ2v) is 6.49. The van der Waals surface area contributed by atoms with Crippen molar-refractivity contribution < 1.29 is 9.53 Å². The van der Waals surface area contributed by atoms with Gasteiger partial charge in [0.25, 0.3) is 0 Å². The number of halogens is 1. The van der Waals surface area contributed by atoms with E-state index in [9.17, 15) is 4.79 Å². The molecule has 0 spiro atoms. The molecule has 1 amide bonds. The lowest BCUT2D eigenvalue weighted by atomic mass is 9.95. The van der Waals surface area contributed by atoms with Crippen LogP contribution in [0.1, 0.15) is 18.4 Å². The van der Waals surface area contributed by atoms with E-state index < -0.39 is 0 Å². The first-order valence-corrected chi connectivity index (χ1v) is 7.82. The Bertz CT molecular complexity index is 531. The van der Waals surface area contributed by atoms with Crippen molar-refractivity contribution in [1.82, 2.24) is 10.2 Å². The molecule has 2 fully saturated rings. The maximum Gasteiger partial charge on any atom is 0.230 e. The molecule has 1 saturated heterocycles. The maximum atomic E-state index is 12.5. The van der Waals surface area contributed by atoms with E-state index in [0.717, 1.165) is 38.1 Å². The van der Waals surface area contributed by atoms with Gasteiger partial charge in [-0.1, -0.05) is 23.7 Å². The van der Waals surface area contributed by atoms with Crippen LogP contribution >= 0.6 is 11.6 Å². The molecule has 1 heterocycles. The van der Waals surface area contributed by atoms with Gasteiger partial charge in [-0.3, -0.25) is 4.79 Å². The summed E-state index contributed by atoms with van der Waals surface area (Å²) in [6.45, 7) is 3.13. The van der Waals surface area contributed by atoms with Gasteiger partial charge in [0.15, 0.2) is 0 Å². The number of likely N-dealkylation sites (N-methyl/N-ethyl adjacent to an activating group) is 1. The minimum Gasteiger partial charge on any atom is -0.374 e. The Morgan fingerprint density at radius 2 is 2.33 bits per heavy atom. The van der Waals surface area contributed by atoms with E-state index in [2.05, 4.69) is 17.3 Å². The number of hydrogen-bond donors (Lipinski definition) is 1. The van der Waals surface area contributed by atoms with E-state index in [1.165, 1.54) is 0 Å². The molecule has 4 nitrogen and oxygen atoms in total. The predicted molar refractivity (Wildman–Crippen MR) is 82.6 cm³/mol. The van der Waals surface area contributed by atoms with Crippen LogP contribution in [-0.2, 0) is 14.9 Å². The highest BCUT2D eigenvalue weighted by molar-refractivity contribution is 6.30. The molecule has 1 aliphatic heterocycles. The fraction of sp³-hybridized carbons (Fsp3) is 0.562. The lowest BCUT2D eigenvalue weighted by molar-refractivity contribution is -0.124. The molecule has 1 saturated carbocycles. The largest absolute Gasteiger partial charge is 0.374 e. The minimum absolute atomic E-state index is 0.0860. The number of nitrogens with zero attached hydrogens (tertiary/aromatic N) is 1. The molecule has 1 atom stereocenters. The van der Waals surface area contributed by atoms with Crippen LogP contribution in [0.2, 0.25) is 5.02 Å². The Labute approximate surface area is 130 Å². The number of rotatable bonds is 4. The third kappa shape index (κ3) is 3.23. The molecular weight excluding hydrogens is 288 g/mol. The van der Waals surface area contributed by atoms with Gasteiger partial charge in [-0.15, -0.1) is 0 Å². The SMILES string of the molecule is CN1CCO[C@@H](CNC(=O)C2(c3cccc(Cl)c3)CC2)C1. The second kappa shape index (κ2) is 5.95. The highest BCUT2D eigenvalue weighted by Gasteiger charge is 2.51. The van der Waals surface area contributed by atoms with Crippen LogP contribution in [0.4, 0.5) is 0 Å². The Morgan fingerprint density at radius 1 is 1.52 bits per heavy atom. The van der Waals surface area contributed by atoms with Crippen LogP contribution in [0.25, 0.3) is 0 Å². The average molecular weight is 309 g/mol. The number of ether oxygens (including phenoxy) is 1. The summed E-state index contributed by atoms with van der Waals surface area (Å²) in [7, 11) is 2.08. The Balaban J connectivity index is 1.60. The highest BCUT2D eigenvalue weighted by Crippen LogP contribution is 2.48. The smallest absolute Gasteiger partial charge is 0.230 e. The van der Waals surface area contributed by atoms with E-state index >= 15 is 0 Å². The number of hydrogen-bond acceptors (Lipinski definition) is 3. The van der Waals surface area contributed by atoms with Gasteiger partial charge in [-0.2, -0.15) is 0 Å². The maximum absolute atomic E-state index is 12.5. The third-order valence-electron chi connectivity index (χ3n) is 4.39. The van der Waals surface area contributed by atoms with Crippen molar-refractivity contribution in [2.24, 2.45) is 0 Å². The van der Waals surface area contributed by atoms with Crippen LogP contribution < -0.4 is 5.32 Å². The Hall–Kier alpha value is -1.10. The molecule has 114 valence electrons. The first-order chi connectivity index (χ1) is 10.1. The van der Waals surface area contributed by atoms with E-state index in [4.69, 9.17) is 16.3 Å². The van der Waals surface area contributed by atoms with Gasteiger partial charge in [0.1, 0.15) is 0 Å². The Morgan fingerprint density at radius 3 is 3.00 bits per heavy atom. The summed E-state index contributed by atoms with van der Waals surface area (Å²) < 4.78 is 5.68. The molecule has 0 bridgehead atoms. The number of amides is 1. The van der Waals surface area contributed by atoms with Crippen molar-refractivity contribution in [2.75, 3.05) is 33.3 Å². The van der Waals surface area contributed by atoms with Crippen molar-refractivity contribution in [2.45, 2.75) is 24.4 Å². The molecule has 1 aromatic carbocycles. The van der Waals surface area contributed by atoms with E-state index in [-0.39, 0.29) is 17.4 Å². The summed E-state index contributed by atoms with van der Waals surface area (Å²) in [5.41, 5.74) is 0.653. The minimum atomic E-state index is -0.370. The van der Waals surface area contributed by atoms with Gasteiger partial charge < -0.3 is 15.0 Å². The summed E-state index contributed by atoms with van der Waals surface area (Å²) in [6, 6.07) is 7.64. The van der Waals surface area contributed by atoms with E-state index in [1.807, 2.05) is 24.3 Å². The van der Waals surface area contributed by atoms with Crippen LogP contribution in [0.15, 0.2) is 24.3 Å². The van der Waals surface area contributed by atoms with Crippen molar-refractivity contribution in [3.8, 4) is 0 Å². The number of morpholine rings is 1. The summed E-state index contributed by atoms with van der Waals surface area (Å²) in [5.74, 6) is 0.0987. The number of carbonyl (C=O) groups is 1. The normalized spacial score (nSPS) is 24.6. The average Bonchev–Trinajstić information content (AvgIpc) is 3.26. The van der Waals surface area contributed by atoms with Gasteiger partial charge in [0, 0.05) is 24.7 Å². The molecule has 0 radical (unpaired) electrons. The van der Waals surface area contributed by atoms with Gasteiger partial charge in [-0.05, 0) is 37.6 Å². The molecule has 2 aliphatic rings. The molecule has 1 N–H and O–H groups in total. The molecular formula is C16H21ClN2O2.